The Bertz CT molecular complexity index is 1140. The highest BCUT2D eigenvalue weighted by Crippen LogP contribution is 2.20. The fourth-order valence-electron chi connectivity index (χ4n) is 11.4. The Morgan fingerprint density at radius 1 is 0.286 bits per heavy atom. The summed E-state index contributed by atoms with van der Waals surface area (Å²) < 4.78 is 10.8. The van der Waals surface area contributed by atoms with Gasteiger partial charge in [0.1, 0.15) is 6.61 Å². The summed E-state index contributed by atoms with van der Waals surface area (Å²) in [7, 11) is 0. The van der Waals surface area contributed by atoms with E-state index in [1.807, 2.05) is 0 Å². The monoisotopic (exact) mass is 1090 g/mol. The van der Waals surface area contributed by atoms with Crippen molar-refractivity contribution in [2.75, 3.05) is 13.2 Å². The molecule has 0 radical (unpaired) electrons. The second-order valence-corrected chi connectivity index (χ2v) is 24.7. The van der Waals surface area contributed by atoms with E-state index in [1.54, 1.807) is 0 Å². The first kappa shape index (κ1) is 75.6. The number of aliphatic hydroxyl groups is 1. The normalized spacial score (nSPS) is 12.1. The number of rotatable bonds is 68. The molecule has 0 heterocycles. The highest BCUT2D eigenvalue weighted by Gasteiger charge is 2.16. The molecular weight excluding hydrogens is 945 g/mol. The van der Waals surface area contributed by atoms with E-state index >= 15 is 0 Å². The van der Waals surface area contributed by atoms with Crippen LogP contribution >= 0.6 is 0 Å². The van der Waals surface area contributed by atoms with Crippen molar-refractivity contribution < 1.29 is 24.2 Å². The van der Waals surface area contributed by atoms with Crippen molar-refractivity contribution in [2.24, 2.45) is 0 Å². The minimum atomic E-state index is -0.768. The van der Waals surface area contributed by atoms with Crippen LogP contribution in [0.5, 0.6) is 0 Å². The van der Waals surface area contributed by atoms with Crippen molar-refractivity contribution in [2.45, 2.75) is 424 Å². The molecule has 0 spiro atoms. The standard InChI is InChI=1S/C72H140O5/c1-3-5-7-9-11-13-15-17-19-21-23-25-27-29-31-32-33-34-35-36-37-38-39-41-42-44-46-48-50-52-54-56-58-60-62-64-66-71(74)76-69-70(68-73)77-72(75)67-65-63-61-59-57-55-53-51-49-47-45-43-40-30-28-26-24-22-20-18-16-14-12-10-8-6-4-2/h22,24,70,73H,3-21,23,25-69H2,1-2H3/b24-22-. The Kier molecular flexibility index (Phi) is 67.7. The average molecular weight is 1090 g/mol. The first-order chi connectivity index (χ1) is 38.1. The van der Waals surface area contributed by atoms with Crippen molar-refractivity contribution >= 4 is 11.9 Å². The van der Waals surface area contributed by atoms with Gasteiger partial charge < -0.3 is 14.6 Å². The van der Waals surface area contributed by atoms with E-state index in [2.05, 4.69) is 26.0 Å². The third-order valence-corrected chi connectivity index (χ3v) is 16.8. The summed E-state index contributed by atoms with van der Waals surface area (Å²) >= 11 is 0. The van der Waals surface area contributed by atoms with E-state index in [1.165, 1.54) is 360 Å². The summed E-state index contributed by atoms with van der Waals surface area (Å²) in [6, 6.07) is 0. The van der Waals surface area contributed by atoms with Crippen LogP contribution in [0.15, 0.2) is 12.2 Å². The molecule has 0 aromatic heterocycles. The average Bonchev–Trinajstić information content (AvgIpc) is 3.43. The molecule has 5 heteroatoms. The van der Waals surface area contributed by atoms with Crippen LogP contribution in [-0.4, -0.2) is 36.4 Å². The lowest BCUT2D eigenvalue weighted by molar-refractivity contribution is -0.161. The quantitative estimate of drug-likeness (QED) is 0.0373. The van der Waals surface area contributed by atoms with Gasteiger partial charge in [0.15, 0.2) is 6.10 Å². The molecule has 0 aliphatic rings. The summed E-state index contributed by atoms with van der Waals surface area (Å²) in [5, 5.41) is 9.70. The molecule has 0 aromatic rings. The van der Waals surface area contributed by atoms with Crippen molar-refractivity contribution in [3.63, 3.8) is 0 Å². The van der Waals surface area contributed by atoms with Gasteiger partial charge in [-0.25, -0.2) is 0 Å². The second kappa shape index (κ2) is 68.9. The number of aliphatic hydroxyl groups excluding tert-OH is 1. The van der Waals surface area contributed by atoms with Crippen LogP contribution in [-0.2, 0) is 19.1 Å². The zero-order valence-corrected chi connectivity index (χ0v) is 52.8. The molecule has 0 aliphatic heterocycles. The molecule has 0 saturated carbocycles. The Balaban J connectivity index is 3.35. The molecule has 0 saturated heterocycles. The van der Waals surface area contributed by atoms with Crippen molar-refractivity contribution in [3.8, 4) is 0 Å². The Morgan fingerprint density at radius 2 is 0.481 bits per heavy atom. The first-order valence-corrected chi connectivity index (χ1v) is 35.7. The van der Waals surface area contributed by atoms with Gasteiger partial charge in [-0.3, -0.25) is 9.59 Å². The van der Waals surface area contributed by atoms with Crippen LogP contribution in [0.1, 0.15) is 418 Å². The fourth-order valence-corrected chi connectivity index (χ4v) is 11.4. The van der Waals surface area contributed by atoms with Gasteiger partial charge in [0.2, 0.25) is 0 Å². The van der Waals surface area contributed by atoms with Crippen LogP contribution < -0.4 is 0 Å². The number of carbonyl (C=O) groups excluding carboxylic acids is 2. The van der Waals surface area contributed by atoms with Gasteiger partial charge in [-0.2, -0.15) is 0 Å². The highest BCUT2D eigenvalue weighted by atomic mass is 16.6. The van der Waals surface area contributed by atoms with Gasteiger partial charge in [0.25, 0.3) is 0 Å². The van der Waals surface area contributed by atoms with Crippen LogP contribution in [0.2, 0.25) is 0 Å². The molecule has 0 aromatic carbocycles. The Hall–Kier alpha value is -1.36. The van der Waals surface area contributed by atoms with Crippen LogP contribution in [0, 0.1) is 0 Å². The van der Waals surface area contributed by atoms with E-state index in [-0.39, 0.29) is 25.2 Å². The SMILES string of the molecule is CCCCCCCCCC/C=C\CCCCCCCCCCCCCCCCCC(=O)OC(CO)COC(=O)CCCCCCCCCCCCCCCCCCCCCCCCCCCCCCCCCCCCCC. The molecule has 0 rings (SSSR count). The molecule has 1 atom stereocenters. The van der Waals surface area contributed by atoms with Crippen molar-refractivity contribution in [1.29, 1.82) is 0 Å². The lowest BCUT2D eigenvalue weighted by Crippen LogP contribution is -2.28. The molecule has 0 aliphatic carbocycles. The summed E-state index contributed by atoms with van der Waals surface area (Å²) in [6.07, 6.45) is 88.4. The number of hydrogen-bond donors (Lipinski definition) is 1. The largest absolute Gasteiger partial charge is 0.462 e. The maximum Gasteiger partial charge on any atom is 0.306 e. The molecule has 0 amide bonds. The predicted octanol–water partition coefficient (Wildman–Crippen LogP) is 24.6. The number of hydrogen-bond acceptors (Lipinski definition) is 5. The lowest BCUT2D eigenvalue weighted by atomic mass is 10.0. The maximum absolute atomic E-state index is 12.4. The molecule has 0 bridgehead atoms. The van der Waals surface area contributed by atoms with Gasteiger partial charge in [-0.1, -0.05) is 379 Å². The molecule has 0 fully saturated rings. The van der Waals surface area contributed by atoms with E-state index < -0.39 is 6.10 Å². The summed E-state index contributed by atoms with van der Waals surface area (Å²) in [5.41, 5.74) is 0. The van der Waals surface area contributed by atoms with Crippen molar-refractivity contribution in [3.05, 3.63) is 12.2 Å². The van der Waals surface area contributed by atoms with Gasteiger partial charge in [0.05, 0.1) is 6.61 Å². The van der Waals surface area contributed by atoms with Gasteiger partial charge in [-0.05, 0) is 38.5 Å². The topological polar surface area (TPSA) is 72.8 Å². The number of carbonyl (C=O) groups is 2. The number of ether oxygens (including phenoxy) is 2. The smallest absolute Gasteiger partial charge is 0.306 e. The predicted molar refractivity (Wildman–Crippen MR) is 339 cm³/mol. The Morgan fingerprint density at radius 3 is 0.701 bits per heavy atom. The van der Waals surface area contributed by atoms with Crippen LogP contribution in [0.25, 0.3) is 0 Å². The highest BCUT2D eigenvalue weighted by molar-refractivity contribution is 5.70. The number of esters is 2. The summed E-state index contributed by atoms with van der Waals surface area (Å²) in [6.45, 7) is 4.22. The third kappa shape index (κ3) is 67.1. The second-order valence-electron chi connectivity index (χ2n) is 24.7. The van der Waals surface area contributed by atoms with E-state index in [4.69, 9.17) is 9.47 Å². The van der Waals surface area contributed by atoms with Gasteiger partial charge in [0, 0.05) is 12.8 Å². The molecule has 458 valence electrons. The van der Waals surface area contributed by atoms with E-state index in [0.717, 1.165) is 32.1 Å². The molecule has 77 heavy (non-hydrogen) atoms. The van der Waals surface area contributed by atoms with Crippen LogP contribution in [0.4, 0.5) is 0 Å². The lowest BCUT2D eigenvalue weighted by Gasteiger charge is -2.15. The zero-order chi connectivity index (χ0) is 55.5. The summed E-state index contributed by atoms with van der Waals surface area (Å²) in [5.74, 6) is -0.562. The maximum atomic E-state index is 12.4. The van der Waals surface area contributed by atoms with Gasteiger partial charge >= 0.3 is 11.9 Å². The van der Waals surface area contributed by atoms with Crippen LogP contribution in [0.3, 0.4) is 0 Å². The van der Waals surface area contributed by atoms with E-state index in [9.17, 15) is 14.7 Å². The van der Waals surface area contributed by atoms with Crippen molar-refractivity contribution in [1.82, 2.24) is 0 Å². The molecule has 1 N–H and O–H groups in total. The Labute approximate surface area is 483 Å². The number of unbranched alkanes of at least 4 members (excludes halogenated alkanes) is 58. The zero-order valence-electron chi connectivity index (χ0n) is 52.8. The van der Waals surface area contributed by atoms with E-state index in [0.29, 0.717) is 12.8 Å². The fraction of sp³-hybridized carbons (Fsp3) is 0.944. The molecule has 1 unspecified atom stereocenters. The molecule has 5 nitrogen and oxygen atoms in total. The van der Waals surface area contributed by atoms with Gasteiger partial charge in [-0.15, -0.1) is 0 Å². The summed E-state index contributed by atoms with van der Waals surface area (Å²) in [4.78, 5) is 24.6. The minimum Gasteiger partial charge on any atom is -0.462 e. The first-order valence-electron chi connectivity index (χ1n) is 35.7. The number of allylic oxidation sites excluding steroid dienone is 2. The minimum absolute atomic E-state index is 0.0572. The molecular formula is C72H140O5. The third-order valence-electron chi connectivity index (χ3n) is 16.8.